The van der Waals surface area contributed by atoms with Gasteiger partial charge in [-0.1, -0.05) is 6.07 Å². The Balaban J connectivity index is 2.30. The maximum atomic E-state index is 12.3. The van der Waals surface area contributed by atoms with E-state index in [2.05, 4.69) is 9.46 Å². The van der Waals surface area contributed by atoms with Gasteiger partial charge in [-0.3, -0.25) is 4.72 Å². The third-order valence-electron chi connectivity index (χ3n) is 2.86. The van der Waals surface area contributed by atoms with E-state index < -0.39 is 28.8 Å². The van der Waals surface area contributed by atoms with E-state index >= 15 is 0 Å². The first kappa shape index (κ1) is 19.1. The molecule has 11 heteroatoms. The van der Waals surface area contributed by atoms with Crippen LogP contribution in [0.1, 0.15) is 15.9 Å². The molecule has 136 valence electrons. The molecule has 2 N–H and O–H groups in total. The lowest BCUT2D eigenvalue weighted by molar-refractivity contribution is -0.153. The summed E-state index contributed by atoms with van der Waals surface area (Å²) < 4.78 is 68.1. The van der Waals surface area contributed by atoms with E-state index in [9.17, 15) is 26.4 Å². The first-order chi connectivity index (χ1) is 11.5. The number of halogens is 3. The molecule has 2 rings (SSSR count). The number of alkyl halides is 3. The average molecular weight is 395 g/mol. The monoisotopic (exact) mass is 395 g/mol. The predicted octanol–water partition coefficient (Wildman–Crippen LogP) is 3.50. The molecule has 6 nitrogen and oxygen atoms in total. The zero-order chi connectivity index (χ0) is 18.8. The number of carboxylic acids is 1. The quantitative estimate of drug-likeness (QED) is 0.781. The Labute approximate surface area is 144 Å². The summed E-state index contributed by atoms with van der Waals surface area (Å²) in [5, 5.41) is 9.99. The van der Waals surface area contributed by atoms with E-state index in [1.165, 1.54) is 18.2 Å². The smallest absolute Gasteiger partial charge is 0.422 e. The number of anilines is 1. The van der Waals surface area contributed by atoms with Crippen molar-refractivity contribution in [3.63, 3.8) is 0 Å². The van der Waals surface area contributed by atoms with Gasteiger partial charge in [0.2, 0.25) is 0 Å². The first-order valence-electron chi connectivity index (χ1n) is 6.63. The van der Waals surface area contributed by atoms with Gasteiger partial charge in [0.1, 0.15) is 9.96 Å². The minimum atomic E-state index is -4.58. The van der Waals surface area contributed by atoms with E-state index in [1.54, 1.807) is 6.92 Å². The van der Waals surface area contributed by atoms with Crippen molar-refractivity contribution in [2.45, 2.75) is 17.3 Å². The normalized spacial score (nSPS) is 12.0. The van der Waals surface area contributed by atoms with Crippen LogP contribution in [0.25, 0.3) is 0 Å². The van der Waals surface area contributed by atoms with Gasteiger partial charge in [0, 0.05) is 5.38 Å². The zero-order valence-electron chi connectivity index (χ0n) is 12.6. The largest absolute Gasteiger partial charge is 0.482 e. The maximum absolute atomic E-state index is 12.3. The minimum Gasteiger partial charge on any atom is -0.482 e. The SMILES string of the molecule is Cc1ccc(NS(=O)(=O)c2cc(C(=O)O)cs2)c(OCC(F)(F)F)c1. The minimum absolute atomic E-state index is 0.180. The van der Waals surface area contributed by atoms with E-state index in [0.717, 1.165) is 11.4 Å². The van der Waals surface area contributed by atoms with Crippen molar-refractivity contribution in [3.8, 4) is 5.75 Å². The highest BCUT2D eigenvalue weighted by Crippen LogP contribution is 2.31. The van der Waals surface area contributed by atoms with Crippen LogP contribution in [0.15, 0.2) is 33.9 Å². The zero-order valence-corrected chi connectivity index (χ0v) is 14.3. The van der Waals surface area contributed by atoms with Gasteiger partial charge in [0.05, 0.1) is 11.3 Å². The van der Waals surface area contributed by atoms with Gasteiger partial charge >= 0.3 is 12.1 Å². The number of rotatable bonds is 6. The number of carboxylic acid groups (broad SMARTS) is 1. The van der Waals surface area contributed by atoms with Crippen molar-refractivity contribution in [1.82, 2.24) is 0 Å². The van der Waals surface area contributed by atoms with Crippen LogP contribution < -0.4 is 9.46 Å². The first-order valence-corrected chi connectivity index (χ1v) is 8.99. The van der Waals surface area contributed by atoms with Crippen molar-refractivity contribution in [3.05, 3.63) is 40.8 Å². The van der Waals surface area contributed by atoms with Crippen LogP contribution in [0.5, 0.6) is 5.75 Å². The number of thiophene rings is 1. The van der Waals surface area contributed by atoms with Crippen molar-refractivity contribution < 1.29 is 36.2 Å². The molecule has 0 saturated carbocycles. The molecule has 0 radical (unpaired) electrons. The summed E-state index contributed by atoms with van der Waals surface area (Å²) in [4.78, 5) is 10.8. The van der Waals surface area contributed by atoms with Crippen LogP contribution in [0.2, 0.25) is 0 Å². The van der Waals surface area contributed by atoms with E-state index in [1.807, 2.05) is 0 Å². The second kappa shape index (κ2) is 6.92. The fourth-order valence-electron chi connectivity index (χ4n) is 1.76. The molecule has 0 unspecified atom stereocenters. The Morgan fingerprint density at radius 1 is 1.32 bits per heavy atom. The molecular weight excluding hydrogens is 383 g/mol. The highest BCUT2D eigenvalue weighted by atomic mass is 32.2. The summed E-state index contributed by atoms with van der Waals surface area (Å²) in [6.07, 6.45) is -4.58. The second-order valence-electron chi connectivity index (χ2n) is 4.97. The molecule has 0 aliphatic carbocycles. The molecule has 0 spiro atoms. The number of carbonyl (C=O) groups is 1. The highest BCUT2D eigenvalue weighted by Gasteiger charge is 2.29. The number of nitrogens with one attached hydrogen (secondary N) is 1. The van der Waals surface area contributed by atoms with Gasteiger partial charge in [-0.25, -0.2) is 13.2 Å². The maximum Gasteiger partial charge on any atom is 0.422 e. The molecule has 2 aromatic rings. The fraction of sp³-hybridized carbons (Fsp3) is 0.214. The average Bonchev–Trinajstić information content (AvgIpc) is 2.97. The summed E-state index contributed by atoms with van der Waals surface area (Å²) in [5.74, 6) is -1.57. The number of hydrogen-bond donors (Lipinski definition) is 2. The molecule has 1 heterocycles. The molecule has 25 heavy (non-hydrogen) atoms. The van der Waals surface area contributed by atoms with Gasteiger partial charge < -0.3 is 9.84 Å². The Kier molecular flexibility index (Phi) is 5.28. The third kappa shape index (κ3) is 5.10. The topological polar surface area (TPSA) is 92.7 Å². The van der Waals surface area contributed by atoms with E-state index in [4.69, 9.17) is 5.11 Å². The predicted molar refractivity (Wildman–Crippen MR) is 84.8 cm³/mol. The Morgan fingerprint density at radius 3 is 2.56 bits per heavy atom. The van der Waals surface area contributed by atoms with E-state index in [0.29, 0.717) is 16.9 Å². The molecule has 0 saturated heterocycles. The Morgan fingerprint density at radius 2 is 2.00 bits per heavy atom. The summed E-state index contributed by atoms with van der Waals surface area (Å²) in [6, 6.07) is 4.99. The molecule has 0 aliphatic rings. The van der Waals surface area contributed by atoms with E-state index in [-0.39, 0.29) is 21.2 Å². The summed E-state index contributed by atoms with van der Waals surface area (Å²) in [7, 11) is -4.17. The fourth-order valence-corrected chi connectivity index (χ4v) is 3.98. The van der Waals surface area contributed by atoms with Crippen LogP contribution in [0, 0.1) is 6.92 Å². The van der Waals surface area contributed by atoms with Gasteiger partial charge in [-0.2, -0.15) is 13.2 Å². The number of benzene rings is 1. The van der Waals surface area contributed by atoms with Crippen molar-refractivity contribution in [2.75, 3.05) is 11.3 Å². The van der Waals surface area contributed by atoms with Crippen LogP contribution >= 0.6 is 11.3 Å². The molecule has 0 atom stereocenters. The van der Waals surface area contributed by atoms with Crippen LogP contribution in [0.4, 0.5) is 18.9 Å². The molecule has 0 fully saturated rings. The van der Waals surface area contributed by atoms with Crippen molar-refractivity contribution >= 4 is 33.0 Å². The van der Waals surface area contributed by atoms with Gasteiger partial charge in [0.25, 0.3) is 10.0 Å². The third-order valence-corrected chi connectivity index (χ3v) is 5.67. The molecule has 1 aromatic carbocycles. The summed E-state index contributed by atoms with van der Waals surface area (Å²) in [5.41, 5.74) is 0.187. The van der Waals surface area contributed by atoms with Gasteiger partial charge in [-0.05, 0) is 30.7 Å². The Hall–Kier alpha value is -2.27. The van der Waals surface area contributed by atoms with Crippen LogP contribution in [0.3, 0.4) is 0 Å². The number of hydrogen-bond acceptors (Lipinski definition) is 5. The van der Waals surface area contributed by atoms with Crippen LogP contribution in [-0.4, -0.2) is 32.3 Å². The lowest BCUT2D eigenvalue weighted by Crippen LogP contribution is -2.20. The highest BCUT2D eigenvalue weighted by molar-refractivity contribution is 7.94. The van der Waals surface area contributed by atoms with Crippen molar-refractivity contribution in [1.29, 1.82) is 0 Å². The molecule has 0 amide bonds. The molecule has 1 aromatic heterocycles. The summed E-state index contributed by atoms with van der Waals surface area (Å²) >= 11 is 0.679. The standard InChI is InChI=1S/C14H12F3NO5S2/c1-8-2-3-10(11(4-8)23-7-14(15,16)17)18-25(21,22)12-5-9(6-24-12)13(19)20/h2-6,18H,7H2,1H3,(H,19,20). The van der Waals surface area contributed by atoms with Gasteiger partial charge in [-0.15, -0.1) is 11.3 Å². The van der Waals surface area contributed by atoms with Crippen LogP contribution in [-0.2, 0) is 10.0 Å². The molecule has 0 bridgehead atoms. The molecule has 0 aliphatic heterocycles. The number of ether oxygens (including phenoxy) is 1. The number of aromatic carboxylic acids is 1. The lowest BCUT2D eigenvalue weighted by atomic mass is 10.2. The lowest BCUT2D eigenvalue weighted by Gasteiger charge is -2.15. The van der Waals surface area contributed by atoms with Gasteiger partial charge in [0.15, 0.2) is 6.61 Å². The molecular formula is C14H12F3NO5S2. The summed E-state index contributed by atoms with van der Waals surface area (Å²) in [6.45, 7) is 0.0322. The Bertz CT molecular complexity index is 890. The number of sulfonamides is 1. The number of aryl methyl sites for hydroxylation is 1. The van der Waals surface area contributed by atoms with Crippen molar-refractivity contribution in [2.24, 2.45) is 0 Å². The second-order valence-corrected chi connectivity index (χ2v) is 7.79.